The smallest absolute Gasteiger partial charge is 0.337 e. The topological polar surface area (TPSA) is 50.2 Å². The molecule has 132 valence electrons. The SMILES string of the molecule is CCCc1nc(Cc2ccccc2)c(C(=O)O)cc1-c1ccc(Br)cc1. The summed E-state index contributed by atoms with van der Waals surface area (Å²) in [6, 6.07) is 19.5. The lowest BCUT2D eigenvalue weighted by Crippen LogP contribution is -2.09. The molecule has 0 radical (unpaired) electrons. The number of aromatic carboxylic acids is 1. The van der Waals surface area contributed by atoms with E-state index in [1.54, 1.807) is 6.07 Å². The van der Waals surface area contributed by atoms with E-state index in [-0.39, 0.29) is 5.56 Å². The molecule has 0 aliphatic heterocycles. The first-order chi connectivity index (χ1) is 12.6. The zero-order valence-electron chi connectivity index (χ0n) is 14.6. The maximum absolute atomic E-state index is 11.9. The minimum Gasteiger partial charge on any atom is -0.478 e. The molecule has 0 saturated carbocycles. The predicted molar refractivity (Wildman–Crippen MR) is 108 cm³/mol. The van der Waals surface area contributed by atoms with E-state index in [9.17, 15) is 9.90 Å². The number of hydrogen-bond donors (Lipinski definition) is 1. The molecule has 1 N–H and O–H groups in total. The number of halogens is 1. The predicted octanol–water partition coefficient (Wildman–Crippen LogP) is 5.75. The average molecular weight is 410 g/mol. The summed E-state index contributed by atoms with van der Waals surface area (Å²) < 4.78 is 0.991. The first kappa shape index (κ1) is 18.3. The van der Waals surface area contributed by atoms with Gasteiger partial charge in [-0.1, -0.05) is 71.7 Å². The highest BCUT2D eigenvalue weighted by atomic mass is 79.9. The third-order valence-electron chi connectivity index (χ3n) is 4.27. The van der Waals surface area contributed by atoms with Crippen molar-refractivity contribution in [2.24, 2.45) is 0 Å². The third kappa shape index (κ3) is 4.20. The Hall–Kier alpha value is -2.46. The van der Waals surface area contributed by atoms with Crippen LogP contribution in [0.15, 0.2) is 65.1 Å². The van der Waals surface area contributed by atoms with Gasteiger partial charge in [-0.05, 0) is 35.7 Å². The molecule has 1 aromatic heterocycles. The van der Waals surface area contributed by atoms with Gasteiger partial charge in [0.2, 0.25) is 0 Å². The highest BCUT2D eigenvalue weighted by Crippen LogP contribution is 2.28. The van der Waals surface area contributed by atoms with Crippen molar-refractivity contribution in [2.45, 2.75) is 26.2 Å². The zero-order valence-corrected chi connectivity index (χ0v) is 16.2. The Kier molecular flexibility index (Phi) is 5.84. The molecule has 0 spiro atoms. The molecule has 0 fully saturated rings. The summed E-state index contributed by atoms with van der Waals surface area (Å²) in [4.78, 5) is 16.7. The number of carbonyl (C=O) groups is 1. The lowest BCUT2D eigenvalue weighted by molar-refractivity contribution is 0.0695. The number of nitrogens with zero attached hydrogens (tertiary/aromatic N) is 1. The molecule has 26 heavy (non-hydrogen) atoms. The van der Waals surface area contributed by atoms with Gasteiger partial charge < -0.3 is 5.11 Å². The van der Waals surface area contributed by atoms with E-state index in [1.165, 1.54) is 0 Å². The van der Waals surface area contributed by atoms with Gasteiger partial charge in [-0.2, -0.15) is 0 Å². The summed E-state index contributed by atoms with van der Waals surface area (Å²) in [5.74, 6) is -0.940. The summed E-state index contributed by atoms with van der Waals surface area (Å²) in [7, 11) is 0. The van der Waals surface area contributed by atoms with Crippen LogP contribution in [0, 0.1) is 0 Å². The molecule has 0 unspecified atom stereocenters. The van der Waals surface area contributed by atoms with Gasteiger partial charge in [-0.25, -0.2) is 4.79 Å². The standard InChI is InChI=1S/C22H20BrNO2/c1-2-6-20-18(16-9-11-17(23)12-10-16)14-19(22(25)26)21(24-20)13-15-7-4-3-5-8-15/h3-5,7-12,14H,2,6,13H2,1H3,(H,25,26). The molecule has 3 aromatic rings. The van der Waals surface area contributed by atoms with E-state index >= 15 is 0 Å². The van der Waals surface area contributed by atoms with E-state index in [1.807, 2.05) is 54.6 Å². The fourth-order valence-corrected chi connectivity index (χ4v) is 3.27. The van der Waals surface area contributed by atoms with Gasteiger partial charge in [-0.3, -0.25) is 4.98 Å². The molecule has 3 rings (SSSR count). The highest BCUT2D eigenvalue weighted by Gasteiger charge is 2.17. The second-order valence-electron chi connectivity index (χ2n) is 6.20. The Morgan fingerprint density at radius 1 is 1.04 bits per heavy atom. The summed E-state index contributed by atoms with van der Waals surface area (Å²) in [6.45, 7) is 2.11. The molecule has 0 saturated heterocycles. The Morgan fingerprint density at radius 3 is 2.35 bits per heavy atom. The first-order valence-electron chi connectivity index (χ1n) is 8.64. The van der Waals surface area contributed by atoms with E-state index in [0.29, 0.717) is 12.1 Å². The van der Waals surface area contributed by atoms with Crippen LogP contribution in [0.4, 0.5) is 0 Å². The van der Waals surface area contributed by atoms with Gasteiger partial charge >= 0.3 is 5.97 Å². The largest absolute Gasteiger partial charge is 0.478 e. The monoisotopic (exact) mass is 409 g/mol. The normalized spacial score (nSPS) is 10.7. The Morgan fingerprint density at radius 2 is 1.73 bits per heavy atom. The molecule has 0 bridgehead atoms. The number of aromatic nitrogens is 1. The van der Waals surface area contributed by atoms with Gasteiger partial charge in [0.1, 0.15) is 0 Å². The fourth-order valence-electron chi connectivity index (χ4n) is 3.01. The molecule has 2 aromatic carbocycles. The molecule has 0 aliphatic carbocycles. The summed E-state index contributed by atoms with van der Waals surface area (Å²) in [5.41, 5.74) is 4.78. The van der Waals surface area contributed by atoms with Gasteiger partial charge in [0, 0.05) is 22.2 Å². The third-order valence-corrected chi connectivity index (χ3v) is 4.80. The van der Waals surface area contributed by atoms with Crippen molar-refractivity contribution < 1.29 is 9.90 Å². The van der Waals surface area contributed by atoms with E-state index in [2.05, 4.69) is 22.9 Å². The zero-order chi connectivity index (χ0) is 18.5. The van der Waals surface area contributed by atoms with Crippen LogP contribution in [0.5, 0.6) is 0 Å². The van der Waals surface area contributed by atoms with E-state index in [4.69, 9.17) is 4.98 Å². The Bertz CT molecular complexity index is 905. The summed E-state index contributed by atoms with van der Waals surface area (Å²) >= 11 is 3.44. The Balaban J connectivity index is 2.12. The second kappa shape index (κ2) is 8.28. The van der Waals surface area contributed by atoms with Crippen LogP contribution in [-0.2, 0) is 12.8 Å². The number of carboxylic acid groups (broad SMARTS) is 1. The second-order valence-corrected chi connectivity index (χ2v) is 7.12. The number of carboxylic acids is 1. The minimum atomic E-state index is -0.940. The van der Waals surface area contributed by atoms with Crippen molar-refractivity contribution in [2.75, 3.05) is 0 Å². The molecule has 4 heteroatoms. The fraction of sp³-hybridized carbons (Fsp3) is 0.182. The number of pyridine rings is 1. The van der Waals surface area contributed by atoms with Crippen molar-refractivity contribution in [1.29, 1.82) is 0 Å². The first-order valence-corrected chi connectivity index (χ1v) is 9.43. The van der Waals surface area contributed by atoms with Crippen molar-refractivity contribution in [3.05, 3.63) is 87.7 Å². The van der Waals surface area contributed by atoms with Crippen LogP contribution < -0.4 is 0 Å². The van der Waals surface area contributed by atoms with Crippen LogP contribution in [-0.4, -0.2) is 16.1 Å². The maximum atomic E-state index is 11.9. The molecule has 1 heterocycles. The molecular weight excluding hydrogens is 390 g/mol. The van der Waals surface area contributed by atoms with Crippen molar-refractivity contribution in [3.8, 4) is 11.1 Å². The van der Waals surface area contributed by atoms with Gasteiger partial charge in [0.25, 0.3) is 0 Å². The number of benzene rings is 2. The Labute approximate surface area is 161 Å². The minimum absolute atomic E-state index is 0.270. The average Bonchev–Trinajstić information content (AvgIpc) is 2.64. The van der Waals surface area contributed by atoms with Crippen molar-refractivity contribution >= 4 is 21.9 Å². The molecule has 3 nitrogen and oxygen atoms in total. The van der Waals surface area contributed by atoms with Crippen LogP contribution in [0.3, 0.4) is 0 Å². The van der Waals surface area contributed by atoms with Crippen LogP contribution >= 0.6 is 15.9 Å². The van der Waals surface area contributed by atoms with Crippen molar-refractivity contribution in [3.63, 3.8) is 0 Å². The van der Waals surface area contributed by atoms with Gasteiger partial charge in [-0.15, -0.1) is 0 Å². The van der Waals surface area contributed by atoms with Crippen LogP contribution in [0.1, 0.15) is 40.7 Å². The molecule has 0 aliphatic rings. The number of rotatable bonds is 6. The lowest BCUT2D eigenvalue weighted by Gasteiger charge is -2.14. The van der Waals surface area contributed by atoms with Crippen LogP contribution in [0.2, 0.25) is 0 Å². The molecular formula is C22H20BrNO2. The van der Waals surface area contributed by atoms with E-state index in [0.717, 1.165) is 39.7 Å². The molecule has 0 amide bonds. The van der Waals surface area contributed by atoms with Crippen LogP contribution in [0.25, 0.3) is 11.1 Å². The highest BCUT2D eigenvalue weighted by molar-refractivity contribution is 9.10. The van der Waals surface area contributed by atoms with Crippen molar-refractivity contribution in [1.82, 2.24) is 4.98 Å². The maximum Gasteiger partial charge on any atom is 0.337 e. The van der Waals surface area contributed by atoms with E-state index < -0.39 is 5.97 Å². The quantitative estimate of drug-likeness (QED) is 0.563. The molecule has 0 atom stereocenters. The lowest BCUT2D eigenvalue weighted by atomic mass is 9.96. The number of hydrogen-bond acceptors (Lipinski definition) is 2. The summed E-state index contributed by atoms with van der Waals surface area (Å²) in [6.07, 6.45) is 2.28. The van der Waals surface area contributed by atoms with Gasteiger partial charge in [0.05, 0.1) is 11.3 Å². The number of aryl methyl sites for hydroxylation is 1. The summed E-state index contributed by atoms with van der Waals surface area (Å²) in [5, 5.41) is 9.73. The van der Waals surface area contributed by atoms with Gasteiger partial charge in [0.15, 0.2) is 0 Å².